The fourth-order valence-corrected chi connectivity index (χ4v) is 4.82. The molecule has 1 saturated heterocycles. The molecule has 1 heterocycles. The summed E-state index contributed by atoms with van der Waals surface area (Å²) in [7, 11) is -1.19. The minimum atomic E-state index is -2.87. The molecule has 1 atom stereocenters. The molecule has 0 aromatic rings. The predicted octanol–water partition coefficient (Wildman–Crippen LogP) is 0.537. The van der Waals surface area contributed by atoms with Crippen LogP contribution in [0.4, 0.5) is 4.79 Å². The molecule has 1 unspecified atom stereocenters. The van der Waals surface area contributed by atoms with Crippen molar-refractivity contribution in [1.29, 1.82) is 0 Å². The van der Waals surface area contributed by atoms with Crippen molar-refractivity contribution in [2.45, 2.75) is 25.7 Å². The first-order valence-electron chi connectivity index (χ1n) is 7.16. The summed E-state index contributed by atoms with van der Waals surface area (Å²) in [6.07, 6.45) is 4.01. The van der Waals surface area contributed by atoms with E-state index in [4.69, 9.17) is 4.74 Å². The number of rotatable bonds is 6. The molecule has 1 aliphatic carbocycles. The van der Waals surface area contributed by atoms with Crippen LogP contribution in [0.2, 0.25) is 0 Å². The Kier molecular flexibility index (Phi) is 4.90. The fourth-order valence-electron chi connectivity index (χ4n) is 2.96. The van der Waals surface area contributed by atoms with Gasteiger partial charge in [0.1, 0.15) is 0 Å². The molecule has 20 heavy (non-hydrogen) atoms. The number of carbonyl (C=O) groups is 1. The fraction of sp³-hybridized carbons (Fsp3) is 0.923. The van der Waals surface area contributed by atoms with Gasteiger partial charge in [0, 0.05) is 25.6 Å². The molecule has 2 aliphatic rings. The Labute approximate surface area is 120 Å². The Balaban J connectivity index is 1.66. The van der Waals surface area contributed by atoms with E-state index in [0.717, 1.165) is 12.8 Å². The van der Waals surface area contributed by atoms with Crippen molar-refractivity contribution in [3.8, 4) is 0 Å². The maximum atomic E-state index is 11.7. The second-order valence-electron chi connectivity index (χ2n) is 6.12. The van der Waals surface area contributed by atoms with E-state index in [2.05, 4.69) is 10.6 Å². The van der Waals surface area contributed by atoms with Gasteiger partial charge in [-0.25, -0.2) is 13.2 Å². The van der Waals surface area contributed by atoms with Gasteiger partial charge in [-0.2, -0.15) is 0 Å². The van der Waals surface area contributed by atoms with Gasteiger partial charge in [0.2, 0.25) is 0 Å². The first kappa shape index (κ1) is 15.6. The van der Waals surface area contributed by atoms with E-state index in [1.54, 1.807) is 7.11 Å². The van der Waals surface area contributed by atoms with E-state index in [1.807, 2.05) is 0 Å². The Hall–Kier alpha value is -0.820. The summed E-state index contributed by atoms with van der Waals surface area (Å²) < 4.78 is 27.8. The number of hydrogen-bond acceptors (Lipinski definition) is 4. The van der Waals surface area contributed by atoms with Crippen LogP contribution in [0.1, 0.15) is 25.7 Å². The van der Waals surface area contributed by atoms with E-state index in [-0.39, 0.29) is 28.9 Å². The van der Waals surface area contributed by atoms with Crippen LogP contribution in [0.15, 0.2) is 0 Å². The van der Waals surface area contributed by atoms with E-state index >= 15 is 0 Å². The molecule has 2 amide bonds. The Bertz CT molecular complexity index is 445. The molecule has 1 saturated carbocycles. The van der Waals surface area contributed by atoms with Gasteiger partial charge in [0.25, 0.3) is 0 Å². The highest BCUT2D eigenvalue weighted by Crippen LogP contribution is 2.40. The lowest BCUT2D eigenvalue weighted by Crippen LogP contribution is -2.48. The second-order valence-corrected chi connectivity index (χ2v) is 8.35. The van der Waals surface area contributed by atoms with Crippen LogP contribution in [0.5, 0.6) is 0 Å². The van der Waals surface area contributed by atoms with Crippen molar-refractivity contribution in [3.63, 3.8) is 0 Å². The highest BCUT2D eigenvalue weighted by molar-refractivity contribution is 7.91. The van der Waals surface area contributed by atoms with Crippen LogP contribution in [-0.2, 0) is 14.6 Å². The number of methoxy groups -OCH3 is 1. The molecule has 7 heteroatoms. The second kappa shape index (κ2) is 6.30. The number of carbonyl (C=O) groups excluding carboxylic acids is 1. The molecule has 0 aromatic carbocycles. The highest BCUT2D eigenvalue weighted by Gasteiger charge is 2.37. The van der Waals surface area contributed by atoms with Crippen molar-refractivity contribution in [3.05, 3.63) is 0 Å². The molecule has 6 nitrogen and oxygen atoms in total. The third kappa shape index (κ3) is 4.09. The van der Waals surface area contributed by atoms with E-state index in [9.17, 15) is 13.2 Å². The highest BCUT2D eigenvalue weighted by atomic mass is 32.2. The van der Waals surface area contributed by atoms with Crippen molar-refractivity contribution < 1.29 is 17.9 Å². The number of urea groups is 1. The summed E-state index contributed by atoms with van der Waals surface area (Å²) in [6, 6.07) is -0.211. The van der Waals surface area contributed by atoms with E-state index in [1.165, 1.54) is 6.42 Å². The van der Waals surface area contributed by atoms with Gasteiger partial charge >= 0.3 is 6.03 Å². The van der Waals surface area contributed by atoms with Crippen molar-refractivity contribution >= 4 is 15.9 Å². The number of ether oxygens (including phenoxy) is 1. The molecule has 0 radical (unpaired) electrons. The third-order valence-corrected chi connectivity index (χ3v) is 6.20. The van der Waals surface area contributed by atoms with Gasteiger partial charge in [-0.3, -0.25) is 0 Å². The smallest absolute Gasteiger partial charge is 0.314 e. The lowest BCUT2D eigenvalue weighted by atomic mass is 9.69. The number of hydrogen-bond donors (Lipinski definition) is 2. The number of sulfone groups is 1. The maximum Gasteiger partial charge on any atom is 0.314 e. The van der Waals surface area contributed by atoms with Gasteiger partial charge in [-0.15, -0.1) is 0 Å². The minimum Gasteiger partial charge on any atom is -0.384 e. The average molecular weight is 304 g/mol. The van der Waals surface area contributed by atoms with Crippen molar-refractivity contribution in [2.24, 2.45) is 11.3 Å². The lowest BCUT2D eigenvalue weighted by Gasteiger charge is -2.41. The zero-order chi connectivity index (χ0) is 14.6. The quantitative estimate of drug-likeness (QED) is 0.750. The van der Waals surface area contributed by atoms with Crippen LogP contribution in [-0.4, -0.2) is 52.8 Å². The normalized spacial score (nSPS) is 26.8. The van der Waals surface area contributed by atoms with Gasteiger partial charge in [0.15, 0.2) is 9.84 Å². The molecule has 0 bridgehead atoms. The predicted molar refractivity (Wildman–Crippen MR) is 76.3 cm³/mol. The topological polar surface area (TPSA) is 84.5 Å². The summed E-state index contributed by atoms with van der Waals surface area (Å²) in [4.78, 5) is 11.7. The van der Waals surface area contributed by atoms with Crippen molar-refractivity contribution in [2.75, 3.05) is 38.3 Å². The van der Waals surface area contributed by atoms with Gasteiger partial charge in [-0.1, -0.05) is 6.42 Å². The molecule has 2 rings (SSSR count). The molecular formula is C13H24N2O4S. The molecule has 2 N–H and O–H groups in total. The summed E-state index contributed by atoms with van der Waals surface area (Å²) >= 11 is 0. The van der Waals surface area contributed by atoms with Gasteiger partial charge in [0.05, 0.1) is 18.1 Å². The van der Waals surface area contributed by atoms with Crippen LogP contribution in [0, 0.1) is 11.3 Å². The SMILES string of the molecule is COCC1(CNC(=O)NCC2CCS(=O)(=O)C2)CCC1. The monoisotopic (exact) mass is 304 g/mol. The summed E-state index contributed by atoms with van der Waals surface area (Å²) in [5, 5.41) is 5.65. The molecule has 1 aliphatic heterocycles. The van der Waals surface area contributed by atoms with Crippen LogP contribution < -0.4 is 10.6 Å². The van der Waals surface area contributed by atoms with Crippen molar-refractivity contribution in [1.82, 2.24) is 10.6 Å². The Morgan fingerprint density at radius 3 is 2.60 bits per heavy atom. The number of amides is 2. The van der Waals surface area contributed by atoms with E-state index in [0.29, 0.717) is 26.1 Å². The minimum absolute atomic E-state index is 0.0578. The average Bonchev–Trinajstić information content (AvgIpc) is 2.69. The summed E-state index contributed by atoms with van der Waals surface area (Å²) in [5.41, 5.74) is 0.1000. The summed E-state index contributed by atoms with van der Waals surface area (Å²) in [5.74, 6) is 0.501. The van der Waals surface area contributed by atoms with E-state index < -0.39 is 9.84 Å². The maximum absolute atomic E-state index is 11.7. The first-order chi connectivity index (χ1) is 9.45. The molecular weight excluding hydrogens is 280 g/mol. The molecule has 0 spiro atoms. The summed E-state index contributed by atoms with van der Waals surface area (Å²) in [6.45, 7) is 1.73. The first-order valence-corrected chi connectivity index (χ1v) is 8.98. The zero-order valence-electron chi connectivity index (χ0n) is 12.0. The molecule has 2 fully saturated rings. The van der Waals surface area contributed by atoms with Crippen LogP contribution >= 0.6 is 0 Å². The molecule has 0 aromatic heterocycles. The van der Waals surface area contributed by atoms with Gasteiger partial charge < -0.3 is 15.4 Å². The zero-order valence-corrected chi connectivity index (χ0v) is 12.8. The Morgan fingerprint density at radius 1 is 1.35 bits per heavy atom. The molecule has 116 valence electrons. The standard InChI is InChI=1S/C13H24N2O4S/c1-19-10-13(4-2-5-13)9-15-12(16)14-7-11-3-6-20(17,18)8-11/h11H,2-10H2,1H3,(H2,14,15,16). The van der Waals surface area contributed by atoms with Crippen LogP contribution in [0.3, 0.4) is 0 Å². The van der Waals surface area contributed by atoms with Crippen LogP contribution in [0.25, 0.3) is 0 Å². The Morgan fingerprint density at radius 2 is 2.10 bits per heavy atom. The van der Waals surface area contributed by atoms with Gasteiger partial charge in [-0.05, 0) is 25.2 Å². The number of nitrogens with one attached hydrogen (secondary N) is 2. The third-order valence-electron chi connectivity index (χ3n) is 4.37. The largest absolute Gasteiger partial charge is 0.384 e. The lowest BCUT2D eigenvalue weighted by molar-refractivity contribution is 0.0200.